The third kappa shape index (κ3) is 0.851. The summed E-state index contributed by atoms with van der Waals surface area (Å²) in [6.45, 7) is 4.65. The molecule has 1 heterocycles. The summed E-state index contributed by atoms with van der Waals surface area (Å²) in [7, 11) is 3.10. The Hall–Kier alpha value is -0.443. The van der Waals surface area contributed by atoms with E-state index in [0.717, 1.165) is 0 Å². The van der Waals surface area contributed by atoms with Crippen LogP contribution in [-0.4, -0.2) is 31.6 Å². The molecule has 1 aliphatic heterocycles. The van der Waals surface area contributed by atoms with Crippen molar-refractivity contribution in [1.29, 1.82) is 0 Å². The van der Waals surface area contributed by atoms with Crippen LogP contribution in [0.5, 0.6) is 0 Å². The summed E-state index contributed by atoms with van der Waals surface area (Å²) in [6, 6.07) is 0. The van der Waals surface area contributed by atoms with Crippen molar-refractivity contribution in [3.63, 3.8) is 0 Å². The molecule has 0 aromatic rings. The zero-order valence-corrected chi connectivity index (χ0v) is 7.55. The van der Waals surface area contributed by atoms with Gasteiger partial charge in [-0.3, -0.25) is 0 Å². The van der Waals surface area contributed by atoms with Crippen molar-refractivity contribution < 1.29 is 0 Å². The molecule has 0 spiro atoms. The van der Waals surface area contributed by atoms with Crippen molar-refractivity contribution >= 4 is 8.40 Å². The Labute approximate surface area is 57.9 Å². The molecule has 0 aromatic carbocycles. The van der Waals surface area contributed by atoms with E-state index < -0.39 is 8.40 Å². The Morgan fingerprint density at radius 3 is 1.44 bits per heavy atom. The molecule has 0 aliphatic carbocycles. The maximum Gasteiger partial charge on any atom is 0.256 e. The number of nitrogens with zero attached hydrogens (tertiary/aromatic N) is 2. The van der Waals surface area contributed by atoms with Gasteiger partial charge < -0.3 is 9.13 Å². The third-order valence-corrected chi connectivity index (χ3v) is 5.99. The summed E-state index contributed by atoms with van der Waals surface area (Å²) in [5.41, 5.74) is 0. The molecular weight excluding hydrogens is 128 g/mol. The lowest BCUT2D eigenvalue weighted by atomic mass is 10.9. The van der Waals surface area contributed by atoms with Gasteiger partial charge in [-0.25, -0.2) is 0 Å². The van der Waals surface area contributed by atoms with Crippen LogP contribution in [0.3, 0.4) is 0 Å². The van der Waals surface area contributed by atoms with Gasteiger partial charge >= 0.3 is 0 Å². The second-order valence-electron chi connectivity index (χ2n) is 3.01. The highest BCUT2D eigenvalue weighted by molar-refractivity contribution is 6.72. The minimum atomic E-state index is -1.19. The molecule has 0 amide bonds. The Bertz CT molecular complexity index is 128. The molecule has 52 valence electrons. The Morgan fingerprint density at radius 1 is 1.00 bits per heavy atom. The van der Waals surface area contributed by atoms with Gasteiger partial charge in [0.25, 0.3) is 8.40 Å². The molecule has 0 saturated carbocycles. The summed E-state index contributed by atoms with van der Waals surface area (Å²) in [6.07, 6.45) is 4.29. The fourth-order valence-electron chi connectivity index (χ4n) is 0.814. The van der Waals surface area contributed by atoms with Gasteiger partial charge in [-0.1, -0.05) is 0 Å². The summed E-state index contributed by atoms with van der Waals surface area (Å²) < 4.78 is 4.65. The first kappa shape index (κ1) is 6.67. The molecule has 2 nitrogen and oxygen atoms in total. The minimum absolute atomic E-state index is 1.19. The quantitative estimate of drug-likeness (QED) is 0.466. The SMILES string of the molecule is CN1C=CN(C)[Si]1(C)C. The van der Waals surface area contributed by atoms with E-state index in [4.69, 9.17) is 0 Å². The second kappa shape index (κ2) is 1.77. The van der Waals surface area contributed by atoms with Crippen LogP contribution in [0.15, 0.2) is 12.4 Å². The predicted molar refractivity (Wildman–Crippen MR) is 42.1 cm³/mol. The van der Waals surface area contributed by atoms with Crippen LogP contribution >= 0.6 is 0 Å². The first-order valence-electron chi connectivity index (χ1n) is 3.19. The summed E-state index contributed by atoms with van der Waals surface area (Å²) >= 11 is 0. The van der Waals surface area contributed by atoms with E-state index in [1.54, 1.807) is 0 Å². The Kier molecular flexibility index (Phi) is 1.31. The molecule has 9 heavy (non-hydrogen) atoms. The van der Waals surface area contributed by atoms with E-state index >= 15 is 0 Å². The highest BCUT2D eigenvalue weighted by Gasteiger charge is 2.32. The lowest BCUT2D eigenvalue weighted by Crippen LogP contribution is -2.50. The molecule has 0 unspecified atom stereocenters. The van der Waals surface area contributed by atoms with Crippen molar-refractivity contribution in [3.05, 3.63) is 12.4 Å². The summed E-state index contributed by atoms with van der Waals surface area (Å²) in [4.78, 5) is 0. The van der Waals surface area contributed by atoms with Gasteiger partial charge in [-0.15, -0.1) is 0 Å². The van der Waals surface area contributed by atoms with E-state index in [1.165, 1.54) is 0 Å². The third-order valence-electron chi connectivity index (χ3n) is 2.24. The lowest BCUT2D eigenvalue weighted by molar-refractivity contribution is 0.616. The van der Waals surface area contributed by atoms with Crippen LogP contribution in [0.2, 0.25) is 13.1 Å². The summed E-state index contributed by atoms with van der Waals surface area (Å²) in [5, 5.41) is 0. The van der Waals surface area contributed by atoms with Crippen LogP contribution in [-0.2, 0) is 0 Å². The average molecular weight is 142 g/mol. The molecule has 1 rings (SSSR count). The largest absolute Gasteiger partial charge is 0.389 e. The van der Waals surface area contributed by atoms with Crippen molar-refractivity contribution in [2.45, 2.75) is 13.1 Å². The number of hydrogen-bond acceptors (Lipinski definition) is 2. The predicted octanol–water partition coefficient (Wildman–Crippen LogP) is 1.04. The molecule has 3 heteroatoms. The van der Waals surface area contributed by atoms with E-state index in [-0.39, 0.29) is 0 Å². The lowest BCUT2D eigenvalue weighted by Gasteiger charge is -2.32. The number of rotatable bonds is 0. The molecule has 0 aromatic heterocycles. The van der Waals surface area contributed by atoms with E-state index in [2.05, 4.69) is 48.7 Å². The fraction of sp³-hybridized carbons (Fsp3) is 0.667. The van der Waals surface area contributed by atoms with Crippen LogP contribution in [0.4, 0.5) is 0 Å². The Morgan fingerprint density at radius 2 is 1.33 bits per heavy atom. The molecule has 0 saturated heterocycles. The van der Waals surface area contributed by atoms with Gasteiger partial charge in [0.1, 0.15) is 0 Å². The molecule has 0 bridgehead atoms. The minimum Gasteiger partial charge on any atom is -0.389 e. The highest BCUT2D eigenvalue weighted by Crippen LogP contribution is 2.18. The second-order valence-corrected chi connectivity index (χ2v) is 7.41. The molecule has 0 N–H and O–H groups in total. The van der Waals surface area contributed by atoms with E-state index in [9.17, 15) is 0 Å². The highest BCUT2D eigenvalue weighted by atomic mass is 28.3. The van der Waals surface area contributed by atoms with Crippen LogP contribution < -0.4 is 0 Å². The van der Waals surface area contributed by atoms with Gasteiger partial charge in [-0.2, -0.15) is 0 Å². The molecule has 1 aliphatic rings. The zero-order chi connectivity index (χ0) is 7.07. The van der Waals surface area contributed by atoms with Crippen LogP contribution in [0, 0.1) is 0 Å². The van der Waals surface area contributed by atoms with E-state index in [1.807, 2.05) is 0 Å². The first-order chi connectivity index (χ1) is 4.05. The smallest absolute Gasteiger partial charge is 0.256 e. The van der Waals surface area contributed by atoms with Crippen molar-refractivity contribution in [2.75, 3.05) is 14.1 Å². The maximum atomic E-state index is 2.33. The molecule has 0 fully saturated rings. The maximum absolute atomic E-state index is 2.33. The average Bonchev–Trinajstić information content (AvgIpc) is 1.96. The molecule has 0 radical (unpaired) electrons. The van der Waals surface area contributed by atoms with Gasteiger partial charge in [0, 0.05) is 12.4 Å². The van der Waals surface area contributed by atoms with Crippen molar-refractivity contribution in [3.8, 4) is 0 Å². The topological polar surface area (TPSA) is 6.48 Å². The van der Waals surface area contributed by atoms with Crippen molar-refractivity contribution in [2.24, 2.45) is 0 Å². The molecule has 0 atom stereocenters. The first-order valence-corrected chi connectivity index (χ1v) is 6.09. The normalized spacial score (nSPS) is 23.6. The van der Waals surface area contributed by atoms with Gasteiger partial charge in [0.2, 0.25) is 0 Å². The van der Waals surface area contributed by atoms with Gasteiger partial charge in [0.15, 0.2) is 0 Å². The van der Waals surface area contributed by atoms with Crippen LogP contribution in [0.1, 0.15) is 0 Å². The van der Waals surface area contributed by atoms with Gasteiger partial charge in [0.05, 0.1) is 0 Å². The standard InChI is InChI=1S/C6H14N2Si/c1-7-5-6-8(2)9(7,3)4/h5-6H,1-4H3. The zero-order valence-electron chi connectivity index (χ0n) is 6.55. The van der Waals surface area contributed by atoms with Gasteiger partial charge in [-0.05, 0) is 27.2 Å². The fourth-order valence-corrected chi connectivity index (χ4v) is 2.17. The van der Waals surface area contributed by atoms with Crippen LogP contribution in [0.25, 0.3) is 0 Å². The van der Waals surface area contributed by atoms with E-state index in [0.29, 0.717) is 0 Å². The van der Waals surface area contributed by atoms with Crippen molar-refractivity contribution in [1.82, 2.24) is 9.13 Å². The molecular formula is C6H14N2Si. The summed E-state index contributed by atoms with van der Waals surface area (Å²) in [5.74, 6) is 0. The number of hydrogen-bond donors (Lipinski definition) is 0. The monoisotopic (exact) mass is 142 g/mol. The Balaban J connectivity index is 2.76.